The van der Waals surface area contributed by atoms with E-state index in [4.69, 9.17) is 42.8 Å². The van der Waals surface area contributed by atoms with Gasteiger partial charge in [0.1, 0.15) is 12.4 Å². The van der Waals surface area contributed by atoms with Gasteiger partial charge in [-0.15, -0.1) is 0 Å². The minimum atomic E-state index is -0.628. The Morgan fingerprint density at radius 1 is 0.977 bits per heavy atom. The molecule has 1 aliphatic rings. The van der Waals surface area contributed by atoms with Gasteiger partial charge < -0.3 is 29.6 Å². The quantitative estimate of drug-likeness (QED) is 0.101. The number of carbonyl (C=O) groups excluding carboxylic acids is 2. The highest BCUT2D eigenvalue weighted by Gasteiger charge is 2.32. The van der Waals surface area contributed by atoms with Gasteiger partial charge in [-0.2, -0.15) is 5.10 Å². The third-order valence-corrected chi connectivity index (χ3v) is 6.95. The third kappa shape index (κ3) is 8.48. The molecule has 0 spiro atoms. The molecule has 0 aliphatic carbocycles. The molecule has 0 unspecified atom stereocenters. The number of hydrazone groups is 1. The van der Waals surface area contributed by atoms with E-state index in [2.05, 4.69) is 21.2 Å². The number of benzene rings is 3. The van der Waals surface area contributed by atoms with E-state index in [1.54, 1.807) is 56.3 Å². The molecule has 10 nitrogen and oxygen atoms in total. The summed E-state index contributed by atoms with van der Waals surface area (Å²) in [6.07, 6.45) is 1.49. The van der Waals surface area contributed by atoms with Crippen LogP contribution in [-0.4, -0.2) is 43.0 Å². The van der Waals surface area contributed by atoms with Crippen molar-refractivity contribution < 1.29 is 28.5 Å². The molecule has 1 aliphatic heterocycles. The molecular weight excluding hydrogens is 604 g/mol. The Hall–Kier alpha value is -4.61. The Bertz CT molecular complexity index is 1580. The average Bonchev–Trinajstić information content (AvgIpc) is 3.00. The van der Waals surface area contributed by atoms with Gasteiger partial charge in [-0.1, -0.05) is 48.0 Å². The Morgan fingerprint density at radius 3 is 2.52 bits per heavy atom. The second kappa shape index (κ2) is 15.7. The number of ether oxygens (including phenoxy) is 4. The van der Waals surface area contributed by atoms with Crippen molar-refractivity contribution in [2.45, 2.75) is 33.4 Å². The minimum Gasteiger partial charge on any atom is -0.490 e. The largest absolute Gasteiger partial charge is 0.490 e. The molecule has 44 heavy (non-hydrogen) atoms. The summed E-state index contributed by atoms with van der Waals surface area (Å²) >= 11 is 11.6. The first-order chi connectivity index (χ1) is 21.3. The number of thiocarbonyl (C=S) groups is 1. The van der Waals surface area contributed by atoms with E-state index >= 15 is 0 Å². The predicted octanol–water partition coefficient (Wildman–Crippen LogP) is 5.20. The lowest BCUT2D eigenvalue weighted by Gasteiger charge is -2.30. The van der Waals surface area contributed by atoms with Gasteiger partial charge in [0.15, 0.2) is 23.2 Å². The fraction of sp³-hybridized carbons (Fsp3) is 0.250. The normalized spacial score (nSPS) is 14.5. The molecule has 3 N–H and O–H groups in total. The molecule has 1 heterocycles. The number of hydrogen-bond donors (Lipinski definition) is 3. The Morgan fingerprint density at radius 2 is 1.75 bits per heavy atom. The summed E-state index contributed by atoms with van der Waals surface area (Å²) < 4.78 is 22.8. The third-order valence-electron chi connectivity index (χ3n) is 6.36. The molecule has 12 heteroatoms. The number of nitrogens with one attached hydrogen (secondary N) is 3. The second-order valence-electron chi connectivity index (χ2n) is 9.43. The average molecular weight is 637 g/mol. The van der Waals surface area contributed by atoms with Gasteiger partial charge in [0.05, 0.1) is 31.0 Å². The van der Waals surface area contributed by atoms with Crippen molar-refractivity contribution in [1.29, 1.82) is 0 Å². The fourth-order valence-corrected chi connectivity index (χ4v) is 4.84. The van der Waals surface area contributed by atoms with Gasteiger partial charge in [0.2, 0.25) is 0 Å². The molecule has 0 saturated heterocycles. The monoisotopic (exact) mass is 636 g/mol. The van der Waals surface area contributed by atoms with Crippen molar-refractivity contribution in [1.82, 2.24) is 16.1 Å². The van der Waals surface area contributed by atoms with E-state index in [1.807, 2.05) is 31.2 Å². The summed E-state index contributed by atoms with van der Waals surface area (Å²) in [6, 6.07) is 19.2. The minimum absolute atomic E-state index is 0.222. The highest BCUT2D eigenvalue weighted by atomic mass is 35.5. The molecule has 3 aromatic rings. The lowest BCUT2D eigenvalue weighted by molar-refractivity contribution is -0.139. The topological polar surface area (TPSA) is 120 Å². The van der Waals surface area contributed by atoms with E-state index in [0.29, 0.717) is 56.4 Å². The molecule has 0 saturated carbocycles. The Balaban J connectivity index is 1.39. The SMILES string of the molecule is CCOC(=O)C1=C(C)NC(=S)N[C@H]1c1ccccc1OCC(=O)NN=Cc1ccc(OCc2ccccc2Cl)c(OCC)c1. The van der Waals surface area contributed by atoms with Crippen LogP contribution < -0.4 is 30.3 Å². The van der Waals surface area contributed by atoms with Gasteiger partial charge in [-0.05, 0) is 68.9 Å². The Kier molecular flexibility index (Phi) is 11.6. The summed E-state index contributed by atoms with van der Waals surface area (Å²) in [7, 11) is 0. The molecule has 0 radical (unpaired) electrons. The van der Waals surface area contributed by atoms with Crippen LogP contribution in [0.1, 0.15) is 43.5 Å². The van der Waals surface area contributed by atoms with Gasteiger partial charge in [0, 0.05) is 21.8 Å². The van der Waals surface area contributed by atoms with Crippen molar-refractivity contribution >= 4 is 47.0 Å². The number of allylic oxidation sites excluding steroid dienone is 1. The van der Waals surface area contributed by atoms with Gasteiger partial charge in [0.25, 0.3) is 5.91 Å². The number of amides is 1. The summed E-state index contributed by atoms with van der Waals surface area (Å²) in [5.41, 5.74) is 5.58. The number of carbonyl (C=O) groups is 2. The van der Waals surface area contributed by atoms with Crippen LogP contribution in [-0.2, 0) is 20.9 Å². The van der Waals surface area contributed by atoms with Crippen molar-refractivity contribution in [3.63, 3.8) is 0 Å². The first-order valence-electron chi connectivity index (χ1n) is 13.9. The number of hydrogen-bond acceptors (Lipinski definition) is 8. The van der Waals surface area contributed by atoms with Crippen LogP contribution in [0.3, 0.4) is 0 Å². The number of para-hydroxylation sites is 1. The number of rotatable bonds is 13. The van der Waals surface area contributed by atoms with Crippen molar-refractivity contribution in [3.05, 3.63) is 99.7 Å². The van der Waals surface area contributed by atoms with Crippen LogP contribution in [0.2, 0.25) is 5.02 Å². The number of esters is 1. The predicted molar refractivity (Wildman–Crippen MR) is 172 cm³/mol. The molecule has 0 fully saturated rings. The van der Waals surface area contributed by atoms with Crippen LogP contribution in [0.25, 0.3) is 0 Å². The van der Waals surface area contributed by atoms with Crippen LogP contribution in [0.15, 0.2) is 83.1 Å². The first kappa shape index (κ1) is 32.3. The zero-order valence-corrected chi connectivity index (χ0v) is 26.1. The zero-order chi connectivity index (χ0) is 31.5. The van der Waals surface area contributed by atoms with Gasteiger partial charge in [-0.3, -0.25) is 4.79 Å². The number of halogens is 1. The van der Waals surface area contributed by atoms with E-state index in [-0.39, 0.29) is 19.8 Å². The molecule has 1 amide bonds. The van der Waals surface area contributed by atoms with Gasteiger partial charge in [-0.25, -0.2) is 10.2 Å². The van der Waals surface area contributed by atoms with Crippen LogP contribution in [0.5, 0.6) is 17.2 Å². The maximum absolute atomic E-state index is 12.7. The van der Waals surface area contributed by atoms with Crippen LogP contribution >= 0.6 is 23.8 Å². The molecule has 230 valence electrons. The van der Waals surface area contributed by atoms with Crippen LogP contribution in [0.4, 0.5) is 0 Å². The fourth-order valence-electron chi connectivity index (χ4n) is 4.37. The van der Waals surface area contributed by atoms with E-state index in [9.17, 15) is 9.59 Å². The van der Waals surface area contributed by atoms with E-state index < -0.39 is 17.9 Å². The molecule has 0 bridgehead atoms. The van der Waals surface area contributed by atoms with E-state index in [1.165, 1.54) is 6.21 Å². The Labute approximate surface area is 266 Å². The maximum atomic E-state index is 12.7. The smallest absolute Gasteiger partial charge is 0.338 e. The van der Waals surface area contributed by atoms with Crippen molar-refractivity contribution in [3.8, 4) is 17.2 Å². The second-order valence-corrected chi connectivity index (χ2v) is 10.2. The van der Waals surface area contributed by atoms with Crippen LogP contribution in [0, 0.1) is 0 Å². The standard InChI is InChI=1S/C32H33ClN4O6S/c1-4-40-27-16-21(14-15-26(27)42-18-22-10-6-8-12-24(22)33)17-34-37-28(38)19-43-25-13-9-7-11-23(25)30-29(31(39)41-5-2)20(3)35-32(44)36-30/h6-17,30H,4-5,18-19H2,1-3H3,(H,37,38)(H2,35,36,44)/t30-/m0/s1. The molecule has 1 atom stereocenters. The van der Waals surface area contributed by atoms with Crippen molar-refractivity contribution in [2.24, 2.45) is 5.10 Å². The highest BCUT2D eigenvalue weighted by molar-refractivity contribution is 7.80. The molecule has 4 rings (SSSR count). The summed E-state index contributed by atoms with van der Waals surface area (Å²) in [5, 5.41) is 11.1. The first-order valence-corrected chi connectivity index (χ1v) is 14.7. The highest BCUT2D eigenvalue weighted by Crippen LogP contribution is 2.34. The summed E-state index contributed by atoms with van der Waals surface area (Å²) in [4.78, 5) is 25.3. The lowest BCUT2D eigenvalue weighted by atomic mass is 9.95. The number of nitrogens with zero attached hydrogens (tertiary/aromatic N) is 1. The van der Waals surface area contributed by atoms with Crippen molar-refractivity contribution in [2.75, 3.05) is 19.8 Å². The van der Waals surface area contributed by atoms with Gasteiger partial charge >= 0.3 is 5.97 Å². The lowest BCUT2D eigenvalue weighted by Crippen LogP contribution is -2.45. The molecule has 3 aromatic carbocycles. The molecule has 0 aromatic heterocycles. The zero-order valence-electron chi connectivity index (χ0n) is 24.5. The maximum Gasteiger partial charge on any atom is 0.338 e. The summed E-state index contributed by atoms with van der Waals surface area (Å²) in [5.74, 6) is 0.531. The molecular formula is C32H33ClN4O6S. The van der Waals surface area contributed by atoms with E-state index in [0.717, 1.165) is 5.56 Å². The summed E-state index contributed by atoms with van der Waals surface area (Å²) in [6.45, 7) is 5.99.